The minimum atomic E-state index is 0.697. The molecule has 0 spiro atoms. The van der Waals surface area contributed by atoms with Crippen LogP contribution in [0.1, 0.15) is 25.1 Å². The summed E-state index contributed by atoms with van der Waals surface area (Å²) in [7, 11) is 1.66. The molecule has 0 bridgehead atoms. The molecule has 2 rings (SSSR count). The largest absolute Gasteiger partial charge is 0.497 e. The van der Waals surface area contributed by atoms with Crippen molar-refractivity contribution in [3.05, 3.63) is 59.9 Å². The maximum atomic E-state index is 5.19. The molecule has 0 radical (unpaired) electrons. The fraction of sp³-hybridized carbons (Fsp3) is 0.278. The highest BCUT2D eigenvalue weighted by Crippen LogP contribution is 2.16. The average Bonchev–Trinajstić information content (AvgIpc) is 2.60. The molecule has 1 aromatic carbocycles. The minimum Gasteiger partial charge on any atom is -0.497 e. The number of methoxy groups -OCH3 is 1. The third kappa shape index (κ3) is 5.53. The molecule has 0 aliphatic carbocycles. The summed E-state index contributed by atoms with van der Waals surface area (Å²) in [6.45, 7) is 4.71. The number of ether oxygens (including phenoxy) is 1. The van der Waals surface area contributed by atoms with Crippen LogP contribution in [0.4, 0.5) is 0 Å². The predicted molar refractivity (Wildman–Crippen MR) is 98.7 cm³/mol. The summed E-state index contributed by atoms with van der Waals surface area (Å²) in [6, 6.07) is 13.7. The molecule has 0 fully saturated rings. The Hall–Kier alpha value is -2.14. The molecular formula is C18H21N3OS. The first-order valence-corrected chi connectivity index (χ1v) is 8.48. The van der Waals surface area contributed by atoms with E-state index in [2.05, 4.69) is 15.0 Å². The Labute approximate surface area is 141 Å². The van der Waals surface area contributed by atoms with Crippen LogP contribution in [0.15, 0.2) is 58.6 Å². The summed E-state index contributed by atoms with van der Waals surface area (Å²) in [6.07, 6.45) is 1.81. The van der Waals surface area contributed by atoms with Crippen LogP contribution >= 0.6 is 11.8 Å². The van der Waals surface area contributed by atoms with Gasteiger partial charge in [-0.3, -0.25) is 9.98 Å². The van der Waals surface area contributed by atoms with Crippen LogP contribution in [-0.2, 0) is 5.75 Å². The minimum absolute atomic E-state index is 0.697. The zero-order valence-electron chi connectivity index (χ0n) is 13.7. The Morgan fingerprint density at radius 2 is 1.96 bits per heavy atom. The lowest BCUT2D eigenvalue weighted by molar-refractivity contribution is 0.415. The van der Waals surface area contributed by atoms with Crippen molar-refractivity contribution in [3.63, 3.8) is 0 Å². The molecule has 0 amide bonds. The number of aromatic nitrogens is 1. The van der Waals surface area contributed by atoms with Crippen LogP contribution in [0.2, 0.25) is 0 Å². The van der Waals surface area contributed by atoms with Gasteiger partial charge in [-0.05, 0) is 50.2 Å². The van der Waals surface area contributed by atoms with Crippen molar-refractivity contribution in [2.75, 3.05) is 13.7 Å². The maximum absolute atomic E-state index is 5.19. The zero-order chi connectivity index (χ0) is 16.5. The van der Waals surface area contributed by atoms with Crippen molar-refractivity contribution in [1.29, 1.82) is 0 Å². The second-order valence-electron chi connectivity index (χ2n) is 4.77. The van der Waals surface area contributed by atoms with Gasteiger partial charge in [0, 0.05) is 24.1 Å². The van der Waals surface area contributed by atoms with Gasteiger partial charge >= 0.3 is 0 Å². The predicted octanol–water partition coefficient (Wildman–Crippen LogP) is 4.21. The second kappa shape index (κ2) is 9.10. The standard InChI is InChI=1S/C18H21N3OS/c1-4-19-18(15-8-10-17(22-3)11-9-15)21-14(2)23-13-16-7-5-6-12-20-16/h5-12H,4,13H2,1-3H3. The van der Waals surface area contributed by atoms with Gasteiger partial charge in [-0.25, -0.2) is 4.99 Å². The third-order valence-electron chi connectivity index (χ3n) is 3.07. The van der Waals surface area contributed by atoms with E-state index in [4.69, 9.17) is 4.74 Å². The van der Waals surface area contributed by atoms with Crippen LogP contribution < -0.4 is 4.74 Å². The first-order valence-electron chi connectivity index (χ1n) is 7.49. The maximum Gasteiger partial charge on any atom is 0.155 e. The van der Waals surface area contributed by atoms with Crippen molar-refractivity contribution in [2.24, 2.45) is 9.98 Å². The van der Waals surface area contributed by atoms with Gasteiger partial charge in [-0.2, -0.15) is 0 Å². The molecule has 0 saturated heterocycles. The lowest BCUT2D eigenvalue weighted by Crippen LogP contribution is -2.02. The van der Waals surface area contributed by atoms with Gasteiger partial charge in [0.15, 0.2) is 5.84 Å². The first-order chi connectivity index (χ1) is 11.2. The third-order valence-corrected chi connectivity index (χ3v) is 4.02. The highest BCUT2D eigenvalue weighted by atomic mass is 32.2. The summed E-state index contributed by atoms with van der Waals surface area (Å²) >= 11 is 1.67. The number of benzene rings is 1. The molecule has 0 saturated carbocycles. The van der Waals surface area contributed by atoms with Crippen LogP contribution in [0.5, 0.6) is 5.75 Å². The smallest absolute Gasteiger partial charge is 0.155 e. The first kappa shape index (κ1) is 17.2. The number of amidine groups is 1. The number of pyridine rings is 1. The monoisotopic (exact) mass is 327 g/mol. The molecule has 2 aromatic rings. The van der Waals surface area contributed by atoms with Gasteiger partial charge in [-0.1, -0.05) is 6.07 Å². The molecule has 0 aliphatic heterocycles. The number of hydrogen-bond donors (Lipinski definition) is 0. The number of thioether (sulfide) groups is 1. The van der Waals surface area contributed by atoms with E-state index in [1.165, 1.54) is 0 Å². The molecule has 1 heterocycles. The fourth-order valence-corrected chi connectivity index (χ4v) is 2.60. The molecule has 0 atom stereocenters. The Balaban J connectivity index is 2.09. The summed E-state index contributed by atoms with van der Waals surface area (Å²) in [5, 5.41) is 0.971. The number of aliphatic imine (C=N–C) groups is 2. The lowest BCUT2D eigenvalue weighted by atomic mass is 10.2. The van der Waals surface area contributed by atoms with Crippen molar-refractivity contribution in [3.8, 4) is 5.75 Å². The van der Waals surface area contributed by atoms with Crippen molar-refractivity contribution >= 4 is 22.6 Å². The quantitative estimate of drug-likeness (QED) is 0.610. The highest BCUT2D eigenvalue weighted by molar-refractivity contribution is 8.13. The van der Waals surface area contributed by atoms with Gasteiger partial charge in [0.2, 0.25) is 0 Å². The van der Waals surface area contributed by atoms with Gasteiger partial charge in [0.25, 0.3) is 0 Å². The molecule has 120 valence electrons. The Morgan fingerprint density at radius 1 is 1.17 bits per heavy atom. The Kier molecular flexibility index (Phi) is 6.81. The van der Waals surface area contributed by atoms with Gasteiger partial charge in [0.1, 0.15) is 5.75 Å². The van der Waals surface area contributed by atoms with Crippen LogP contribution in [-0.4, -0.2) is 29.5 Å². The molecule has 4 nitrogen and oxygen atoms in total. The molecule has 23 heavy (non-hydrogen) atoms. The average molecular weight is 327 g/mol. The summed E-state index contributed by atoms with van der Waals surface area (Å²) in [5.74, 6) is 2.38. The zero-order valence-corrected chi connectivity index (χ0v) is 14.5. The van der Waals surface area contributed by atoms with Crippen molar-refractivity contribution in [1.82, 2.24) is 4.98 Å². The van der Waals surface area contributed by atoms with E-state index in [1.54, 1.807) is 18.9 Å². The lowest BCUT2D eigenvalue weighted by Gasteiger charge is -2.06. The molecule has 0 N–H and O–H groups in total. The second-order valence-corrected chi connectivity index (χ2v) is 5.94. The normalized spacial score (nSPS) is 12.3. The molecular weight excluding hydrogens is 306 g/mol. The number of hydrogen-bond acceptors (Lipinski definition) is 4. The van der Waals surface area contributed by atoms with Crippen LogP contribution in [0, 0.1) is 0 Å². The molecule has 0 aliphatic rings. The highest BCUT2D eigenvalue weighted by Gasteiger charge is 2.04. The van der Waals surface area contributed by atoms with E-state index >= 15 is 0 Å². The van der Waals surface area contributed by atoms with E-state index < -0.39 is 0 Å². The van der Waals surface area contributed by atoms with Crippen LogP contribution in [0.25, 0.3) is 0 Å². The number of rotatable bonds is 5. The summed E-state index contributed by atoms with van der Waals surface area (Å²) in [5.41, 5.74) is 2.04. The van der Waals surface area contributed by atoms with Crippen LogP contribution in [0.3, 0.4) is 0 Å². The van der Waals surface area contributed by atoms with E-state index in [0.717, 1.165) is 33.6 Å². The van der Waals surface area contributed by atoms with Gasteiger partial charge in [0.05, 0.1) is 17.8 Å². The summed E-state index contributed by atoms with van der Waals surface area (Å²) in [4.78, 5) is 13.5. The Bertz CT molecular complexity index is 666. The van der Waals surface area contributed by atoms with Crippen molar-refractivity contribution in [2.45, 2.75) is 19.6 Å². The molecule has 1 aromatic heterocycles. The molecule has 0 unspecified atom stereocenters. The van der Waals surface area contributed by atoms with E-state index in [9.17, 15) is 0 Å². The Morgan fingerprint density at radius 3 is 2.57 bits per heavy atom. The topological polar surface area (TPSA) is 46.8 Å². The van der Waals surface area contributed by atoms with Crippen molar-refractivity contribution < 1.29 is 4.74 Å². The van der Waals surface area contributed by atoms with E-state index in [0.29, 0.717) is 6.54 Å². The summed E-state index contributed by atoms with van der Waals surface area (Å²) < 4.78 is 5.19. The SMILES string of the molecule is CCN=C(N=C(C)SCc1ccccn1)c1ccc(OC)cc1. The van der Waals surface area contributed by atoms with E-state index in [1.807, 2.05) is 62.5 Å². The van der Waals surface area contributed by atoms with E-state index in [-0.39, 0.29) is 0 Å². The van der Waals surface area contributed by atoms with Gasteiger partial charge in [-0.15, -0.1) is 11.8 Å². The fourth-order valence-electron chi connectivity index (χ4n) is 1.92. The molecule has 5 heteroatoms. The number of nitrogens with zero attached hydrogens (tertiary/aromatic N) is 3. The van der Waals surface area contributed by atoms with Gasteiger partial charge < -0.3 is 4.74 Å².